The molecule has 0 unspecified atom stereocenters. The number of nitrogens with zero attached hydrogens (tertiary/aromatic N) is 3. The molecule has 0 atom stereocenters. The summed E-state index contributed by atoms with van der Waals surface area (Å²) in [7, 11) is 0. The summed E-state index contributed by atoms with van der Waals surface area (Å²) in [6, 6.07) is 51.4. The van der Waals surface area contributed by atoms with Gasteiger partial charge in [-0.05, 0) is 50.5 Å². The highest BCUT2D eigenvalue weighted by molar-refractivity contribution is 7.17. The highest BCUT2D eigenvalue weighted by atomic mass is 32.1. The number of fused-ring (bicyclic) bond motifs is 5. The van der Waals surface area contributed by atoms with Gasteiger partial charge in [-0.25, -0.2) is 15.0 Å². The number of hydrogen-bond donors (Lipinski definition) is 0. The predicted molar refractivity (Wildman–Crippen MR) is 189 cm³/mol. The lowest BCUT2D eigenvalue weighted by atomic mass is 9.85. The molecular formula is C41H25N3S. The van der Waals surface area contributed by atoms with Crippen LogP contribution in [0.25, 0.3) is 87.6 Å². The molecule has 2 heterocycles. The van der Waals surface area contributed by atoms with Gasteiger partial charge in [-0.3, -0.25) is 0 Å². The van der Waals surface area contributed by atoms with E-state index in [1.807, 2.05) is 29.8 Å². The SMILES string of the molecule is c1ccc(-c2nc(-c3ccccc3-c3c(-c4cc5ncsc5c5ccccc45)ccc4ccccc34)c3ccccc3n2)cc1. The zero-order valence-corrected chi connectivity index (χ0v) is 25.0. The normalized spacial score (nSPS) is 11.6. The lowest BCUT2D eigenvalue weighted by molar-refractivity contribution is 1.23. The van der Waals surface area contributed by atoms with Crippen molar-refractivity contribution in [3.63, 3.8) is 0 Å². The Morgan fingerprint density at radius 2 is 1.13 bits per heavy atom. The average molecular weight is 592 g/mol. The summed E-state index contributed by atoms with van der Waals surface area (Å²) < 4.78 is 1.22. The van der Waals surface area contributed by atoms with Crippen molar-refractivity contribution in [1.82, 2.24) is 15.0 Å². The Morgan fingerprint density at radius 3 is 2.00 bits per heavy atom. The van der Waals surface area contributed by atoms with Gasteiger partial charge in [-0.15, -0.1) is 11.3 Å². The molecule has 2 aromatic heterocycles. The van der Waals surface area contributed by atoms with Crippen molar-refractivity contribution in [3.8, 4) is 44.9 Å². The molecule has 9 rings (SSSR count). The third-order valence-corrected chi connectivity index (χ3v) is 9.52. The van der Waals surface area contributed by atoms with Crippen LogP contribution in [-0.4, -0.2) is 15.0 Å². The van der Waals surface area contributed by atoms with Gasteiger partial charge in [-0.2, -0.15) is 0 Å². The van der Waals surface area contributed by atoms with Gasteiger partial charge in [0.05, 0.1) is 26.9 Å². The molecule has 0 fully saturated rings. The number of rotatable bonds is 4. The summed E-state index contributed by atoms with van der Waals surface area (Å²) in [6.07, 6.45) is 0. The molecule has 0 N–H and O–H groups in total. The van der Waals surface area contributed by atoms with Crippen LogP contribution < -0.4 is 0 Å². The largest absolute Gasteiger partial charge is 0.245 e. The van der Waals surface area contributed by atoms with Crippen molar-refractivity contribution in [2.75, 3.05) is 0 Å². The summed E-state index contributed by atoms with van der Waals surface area (Å²) in [6.45, 7) is 0. The van der Waals surface area contributed by atoms with Crippen molar-refractivity contribution in [2.24, 2.45) is 0 Å². The number of benzene rings is 7. The molecule has 0 bridgehead atoms. The Morgan fingerprint density at radius 1 is 0.444 bits per heavy atom. The van der Waals surface area contributed by atoms with Crippen molar-refractivity contribution >= 4 is 54.0 Å². The fourth-order valence-corrected chi connectivity index (χ4v) is 7.41. The van der Waals surface area contributed by atoms with Crippen LogP contribution in [0, 0.1) is 0 Å². The molecule has 0 aliphatic heterocycles. The molecule has 3 nitrogen and oxygen atoms in total. The Hall–Kier alpha value is -5.71. The van der Waals surface area contributed by atoms with Crippen LogP contribution in [0.15, 0.2) is 151 Å². The van der Waals surface area contributed by atoms with E-state index in [1.165, 1.54) is 42.9 Å². The molecule has 45 heavy (non-hydrogen) atoms. The number of hydrogen-bond acceptors (Lipinski definition) is 4. The van der Waals surface area contributed by atoms with Crippen LogP contribution in [0.1, 0.15) is 0 Å². The van der Waals surface area contributed by atoms with E-state index in [0.29, 0.717) is 0 Å². The molecule has 210 valence electrons. The molecule has 0 saturated carbocycles. The van der Waals surface area contributed by atoms with Crippen LogP contribution in [-0.2, 0) is 0 Å². The van der Waals surface area contributed by atoms with E-state index >= 15 is 0 Å². The minimum Gasteiger partial charge on any atom is -0.245 e. The van der Waals surface area contributed by atoms with Gasteiger partial charge in [0.2, 0.25) is 0 Å². The van der Waals surface area contributed by atoms with Gasteiger partial charge in [-0.1, -0.05) is 133 Å². The van der Waals surface area contributed by atoms with Crippen molar-refractivity contribution in [2.45, 2.75) is 0 Å². The molecule has 0 saturated heterocycles. The standard InChI is InChI=1S/C41H25N3S/c1-2-13-27(14-3-1)41-43-36-21-11-10-20-34(36)39(44-41)32-18-8-7-17-30(32)38-28-15-5-4-12-26(28)22-23-31(38)35-24-37-40(45-25-42-37)33-19-9-6-16-29(33)35/h1-25H. The van der Waals surface area contributed by atoms with Crippen LogP contribution >= 0.6 is 11.3 Å². The molecule has 0 amide bonds. The molecule has 9 aromatic rings. The van der Waals surface area contributed by atoms with E-state index in [2.05, 4.69) is 121 Å². The topological polar surface area (TPSA) is 38.7 Å². The molecule has 4 heteroatoms. The first-order chi connectivity index (χ1) is 22.3. The highest BCUT2D eigenvalue weighted by Crippen LogP contribution is 2.46. The van der Waals surface area contributed by atoms with Gasteiger partial charge >= 0.3 is 0 Å². The molecule has 0 aliphatic rings. The van der Waals surface area contributed by atoms with Crippen LogP contribution in [0.2, 0.25) is 0 Å². The second-order valence-electron chi connectivity index (χ2n) is 11.2. The van der Waals surface area contributed by atoms with E-state index in [0.717, 1.165) is 44.6 Å². The molecule has 0 aliphatic carbocycles. The maximum absolute atomic E-state index is 5.27. The smallest absolute Gasteiger partial charge is 0.160 e. The number of thiazole rings is 1. The van der Waals surface area contributed by atoms with Gasteiger partial charge in [0.1, 0.15) is 0 Å². The maximum Gasteiger partial charge on any atom is 0.160 e. The van der Waals surface area contributed by atoms with Gasteiger partial charge in [0.25, 0.3) is 0 Å². The molecule has 0 radical (unpaired) electrons. The van der Waals surface area contributed by atoms with Crippen LogP contribution in [0.3, 0.4) is 0 Å². The van der Waals surface area contributed by atoms with Crippen molar-refractivity contribution in [3.05, 3.63) is 151 Å². The zero-order chi connectivity index (χ0) is 29.7. The van der Waals surface area contributed by atoms with Crippen molar-refractivity contribution in [1.29, 1.82) is 0 Å². The number of para-hydroxylation sites is 1. The maximum atomic E-state index is 5.27. The van der Waals surface area contributed by atoms with E-state index in [1.54, 1.807) is 11.3 Å². The van der Waals surface area contributed by atoms with E-state index in [4.69, 9.17) is 15.0 Å². The minimum absolute atomic E-state index is 0.720. The first-order valence-electron chi connectivity index (χ1n) is 15.0. The second kappa shape index (κ2) is 10.5. The predicted octanol–water partition coefficient (Wildman–Crippen LogP) is 11.2. The van der Waals surface area contributed by atoms with Gasteiger partial charge < -0.3 is 0 Å². The highest BCUT2D eigenvalue weighted by Gasteiger charge is 2.21. The third kappa shape index (κ3) is 4.22. The summed E-state index contributed by atoms with van der Waals surface area (Å²) >= 11 is 1.70. The van der Waals surface area contributed by atoms with Gasteiger partial charge in [0, 0.05) is 21.9 Å². The van der Waals surface area contributed by atoms with E-state index in [9.17, 15) is 0 Å². The second-order valence-corrected chi connectivity index (χ2v) is 12.1. The Kier molecular flexibility index (Phi) is 6.00. The lowest BCUT2D eigenvalue weighted by Gasteiger charge is -2.19. The van der Waals surface area contributed by atoms with Gasteiger partial charge in [0.15, 0.2) is 5.82 Å². The average Bonchev–Trinajstić information content (AvgIpc) is 3.60. The lowest BCUT2D eigenvalue weighted by Crippen LogP contribution is -1.97. The first kappa shape index (κ1) is 25.8. The van der Waals surface area contributed by atoms with Crippen molar-refractivity contribution < 1.29 is 0 Å². The van der Waals surface area contributed by atoms with Crippen LogP contribution in [0.5, 0.6) is 0 Å². The Labute approximate surface area is 264 Å². The quantitative estimate of drug-likeness (QED) is 0.204. The fraction of sp³-hybridized carbons (Fsp3) is 0. The van der Waals surface area contributed by atoms with E-state index < -0.39 is 0 Å². The monoisotopic (exact) mass is 591 g/mol. The zero-order valence-electron chi connectivity index (χ0n) is 24.2. The Bertz CT molecular complexity index is 2550. The van der Waals surface area contributed by atoms with E-state index in [-0.39, 0.29) is 0 Å². The summed E-state index contributed by atoms with van der Waals surface area (Å²) in [5.41, 5.74) is 11.6. The Balaban J connectivity index is 1.39. The summed E-state index contributed by atoms with van der Waals surface area (Å²) in [5.74, 6) is 0.720. The van der Waals surface area contributed by atoms with Crippen LogP contribution in [0.4, 0.5) is 0 Å². The summed E-state index contributed by atoms with van der Waals surface area (Å²) in [5, 5.41) is 5.88. The molecule has 7 aromatic carbocycles. The number of aromatic nitrogens is 3. The molecular weight excluding hydrogens is 567 g/mol. The third-order valence-electron chi connectivity index (χ3n) is 8.64. The minimum atomic E-state index is 0.720. The summed E-state index contributed by atoms with van der Waals surface area (Å²) in [4.78, 5) is 15.0. The first-order valence-corrected chi connectivity index (χ1v) is 15.9. The fourth-order valence-electron chi connectivity index (χ4n) is 6.60. The molecule has 0 spiro atoms.